The number of nitrogens with zero attached hydrogens (tertiary/aromatic N) is 1. The van der Waals surface area contributed by atoms with Crippen molar-refractivity contribution in [2.24, 2.45) is 0 Å². The van der Waals surface area contributed by atoms with Gasteiger partial charge in [-0.15, -0.1) is 0 Å². The fourth-order valence-electron chi connectivity index (χ4n) is 2.34. The Hall–Kier alpha value is -1.30. The quantitative estimate of drug-likeness (QED) is 0.819. The molecule has 6 heteroatoms. The van der Waals surface area contributed by atoms with Crippen molar-refractivity contribution < 1.29 is 9.53 Å². The van der Waals surface area contributed by atoms with Crippen LogP contribution in [0.5, 0.6) is 0 Å². The van der Waals surface area contributed by atoms with Gasteiger partial charge in [0.05, 0.1) is 23.4 Å². The van der Waals surface area contributed by atoms with Crippen LogP contribution in [-0.2, 0) is 9.53 Å². The number of nitrogens with two attached hydrogens (primary N) is 1. The molecule has 1 fully saturated rings. The molecule has 1 amide bonds. The van der Waals surface area contributed by atoms with E-state index >= 15 is 0 Å². The molecule has 0 radical (unpaired) electrons. The van der Waals surface area contributed by atoms with Crippen molar-refractivity contribution >= 4 is 28.9 Å². The number of carbonyl (C=O) groups is 1. The molecule has 1 heterocycles. The molecule has 0 spiro atoms. The second kappa shape index (κ2) is 7.64. The summed E-state index contributed by atoms with van der Waals surface area (Å²) in [6, 6.07) is 5.10. The summed E-state index contributed by atoms with van der Waals surface area (Å²) in [4.78, 5) is 14.2. The third-order valence-corrected chi connectivity index (χ3v) is 3.96. The Bertz CT molecular complexity index is 496. The summed E-state index contributed by atoms with van der Waals surface area (Å²) >= 11 is 5.85. The van der Waals surface area contributed by atoms with Gasteiger partial charge in [-0.05, 0) is 24.6 Å². The van der Waals surface area contributed by atoms with Crippen molar-refractivity contribution in [2.45, 2.75) is 25.9 Å². The molecule has 1 aromatic carbocycles. The van der Waals surface area contributed by atoms with Crippen molar-refractivity contribution in [3.05, 3.63) is 23.2 Å². The standard InChI is InChI=1S/C15H22ClN3O2/c1-2-12-10-19(7-8-21-12)6-5-15(20)18-11-3-4-13(16)14(17)9-11/h3-4,9,12H,2,5-8,10,17H2,1H3,(H,18,20). The van der Waals surface area contributed by atoms with Gasteiger partial charge < -0.3 is 15.8 Å². The minimum atomic E-state index is -0.0173. The fourth-order valence-corrected chi connectivity index (χ4v) is 2.45. The molecule has 0 aliphatic carbocycles. The van der Waals surface area contributed by atoms with Gasteiger partial charge in [0.25, 0.3) is 0 Å². The number of anilines is 2. The van der Waals surface area contributed by atoms with Gasteiger partial charge in [-0.25, -0.2) is 0 Å². The molecular formula is C15H22ClN3O2. The van der Waals surface area contributed by atoms with Gasteiger partial charge >= 0.3 is 0 Å². The molecule has 1 aliphatic heterocycles. The van der Waals surface area contributed by atoms with E-state index in [0.717, 1.165) is 32.7 Å². The van der Waals surface area contributed by atoms with Gasteiger partial charge in [0.1, 0.15) is 0 Å². The topological polar surface area (TPSA) is 67.6 Å². The molecule has 0 aromatic heterocycles. The first kappa shape index (κ1) is 16.1. The van der Waals surface area contributed by atoms with Crippen LogP contribution in [0, 0.1) is 0 Å². The lowest BCUT2D eigenvalue weighted by Crippen LogP contribution is -2.43. The van der Waals surface area contributed by atoms with E-state index in [1.165, 1.54) is 0 Å². The molecule has 2 rings (SSSR count). The molecule has 1 saturated heterocycles. The zero-order valence-electron chi connectivity index (χ0n) is 12.3. The molecule has 0 saturated carbocycles. The van der Waals surface area contributed by atoms with Crippen molar-refractivity contribution in [3.63, 3.8) is 0 Å². The second-order valence-electron chi connectivity index (χ2n) is 5.24. The SMILES string of the molecule is CCC1CN(CCC(=O)Nc2ccc(Cl)c(N)c2)CCO1. The van der Waals surface area contributed by atoms with E-state index in [9.17, 15) is 4.79 Å². The summed E-state index contributed by atoms with van der Waals surface area (Å²) in [6.07, 6.45) is 1.75. The number of halogens is 1. The van der Waals surface area contributed by atoms with Gasteiger partial charge in [-0.3, -0.25) is 9.69 Å². The van der Waals surface area contributed by atoms with Crippen LogP contribution in [-0.4, -0.2) is 43.2 Å². The Balaban J connectivity index is 1.78. The average molecular weight is 312 g/mol. The zero-order valence-corrected chi connectivity index (χ0v) is 13.0. The van der Waals surface area contributed by atoms with Crippen LogP contribution in [0.15, 0.2) is 18.2 Å². The Labute approximate surface area is 130 Å². The lowest BCUT2D eigenvalue weighted by molar-refractivity contribution is -0.117. The van der Waals surface area contributed by atoms with E-state index in [4.69, 9.17) is 22.1 Å². The minimum Gasteiger partial charge on any atom is -0.397 e. The van der Waals surface area contributed by atoms with E-state index in [-0.39, 0.29) is 12.0 Å². The highest BCUT2D eigenvalue weighted by Gasteiger charge is 2.19. The Morgan fingerprint density at radius 1 is 1.57 bits per heavy atom. The normalized spacial score (nSPS) is 19.4. The molecule has 0 bridgehead atoms. The van der Waals surface area contributed by atoms with E-state index in [2.05, 4.69) is 17.1 Å². The van der Waals surface area contributed by atoms with Crippen molar-refractivity contribution in [3.8, 4) is 0 Å². The van der Waals surface area contributed by atoms with Crippen LogP contribution in [0.2, 0.25) is 5.02 Å². The molecular weight excluding hydrogens is 290 g/mol. The fraction of sp³-hybridized carbons (Fsp3) is 0.533. The molecule has 21 heavy (non-hydrogen) atoms. The third kappa shape index (κ3) is 4.88. The summed E-state index contributed by atoms with van der Waals surface area (Å²) in [5.41, 5.74) is 6.85. The van der Waals surface area contributed by atoms with Crippen LogP contribution in [0.3, 0.4) is 0 Å². The maximum atomic E-state index is 12.0. The number of amides is 1. The van der Waals surface area contributed by atoms with E-state index in [1.54, 1.807) is 18.2 Å². The number of nitrogens with one attached hydrogen (secondary N) is 1. The molecule has 3 N–H and O–H groups in total. The molecule has 5 nitrogen and oxygen atoms in total. The number of morpholine rings is 1. The van der Waals surface area contributed by atoms with Gasteiger partial charge in [-0.2, -0.15) is 0 Å². The number of ether oxygens (including phenoxy) is 1. The monoisotopic (exact) mass is 311 g/mol. The molecule has 1 aliphatic rings. The van der Waals surface area contributed by atoms with Crippen LogP contribution >= 0.6 is 11.6 Å². The first-order chi connectivity index (χ1) is 10.1. The summed E-state index contributed by atoms with van der Waals surface area (Å²) in [7, 11) is 0. The largest absolute Gasteiger partial charge is 0.397 e. The number of nitrogen functional groups attached to an aromatic ring is 1. The van der Waals surface area contributed by atoms with E-state index in [0.29, 0.717) is 22.8 Å². The second-order valence-corrected chi connectivity index (χ2v) is 5.64. The first-order valence-electron chi connectivity index (χ1n) is 7.27. The van der Waals surface area contributed by atoms with E-state index < -0.39 is 0 Å². The van der Waals surface area contributed by atoms with Crippen LogP contribution in [0.25, 0.3) is 0 Å². The van der Waals surface area contributed by atoms with Gasteiger partial charge in [0.2, 0.25) is 5.91 Å². The summed E-state index contributed by atoms with van der Waals surface area (Å²) in [6.45, 7) is 5.39. The van der Waals surface area contributed by atoms with Crippen molar-refractivity contribution in [1.82, 2.24) is 4.90 Å². The van der Waals surface area contributed by atoms with E-state index in [1.807, 2.05) is 0 Å². The predicted octanol–water partition coefficient (Wildman–Crippen LogP) is 2.36. The number of hydrogen-bond acceptors (Lipinski definition) is 4. The first-order valence-corrected chi connectivity index (χ1v) is 7.65. The maximum Gasteiger partial charge on any atom is 0.225 e. The Morgan fingerprint density at radius 2 is 2.38 bits per heavy atom. The third-order valence-electron chi connectivity index (χ3n) is 3.61. The average Bonchev–Trinajstić information content (AvgIpc) is 2.49. The lowest BCUT2D eigenvalue weighted by Gasteiger charge is -2.32. The zero-order chi connectivity index (χ0) is 15.2. The predicted molar refractivity (Wildman–Crippen MR) is 85.6 cm³/mol. The summed E-state index contributed by atoms with van der Waals surface area (Å²) < 4.78 is 5.62. The Kier molecular flexibility index (Phi) is 5.85. The maximum absolute atomic E-state index is 12.0. The van der Waals surface area contributed by atoms with Crippen LogP contribution < -0.4 is 11.1 Å². The summed E-state index contributed by atoms with van der Waals surface area (Å²) in [5, 5.41) is 3.33. The molecule has 1 unspecified atom stereocenters. The van der Waals surface area contributed by atoms with Gasteiger partial charge in [0.15, 0.2) is 0 Å². The van der Waals surface area contributed by atoms with Crippen LogP contribution in [0.1, 0.15) is 19.8 Å². The van der Waals surface area contributed by atoms with Gasteiger partial charge in [-0.1, -0.05) is 18.5 Å². The molecule has 1 atom stereocenters. The molecule has 1 aromatic rings. The Morgan fingerprint density at radius 3 is 3.10 bits per heavy atom. The number of rotatable bonds is 5. The highest BCUT2D eigenvalue weighted by molar-refractivity contribution is 6.33. The number of benzene rings is 1. The van der Waals surface area contributed by atoms with Gasteiger partial charge in [0, 0.05) is 31.7 Å². The smallest absolute Gasteiger partial charge is 0.225 e. The summed E-state index contributed by atoms with van der Waals surface area (Å²) in [5.74, 6) is -0.0173. The lowest BCUT2D eigenvalue weighted by atomic mass is 10.2. The molecule has 116 valence electrons. The minimum absolute atomic E-state index is 0.0173. The highest BCUT2D eigenvalue weighted by Crippen LogP contribution is 2.22. The number of carbonyl (C=O) groups excluding carboxylic acids is 1. The number of hydrogen-bond donors (Lipinski definition) is 2. The van der Waals surface area contributed by atoms with Crippen molar-refractivity contribution in [1.29, 1.82) is 0 Å². The van der Waals surface area contributed by atoms with Crippen LogP contribution in [0.4, 0.5) is 11.4 Å². The van der Waals surface area contributed by atoms with Crippen molar-refractivity contribution in [2.75, 3.05) is 37.3 Å². The highest BCUT2D eigenvalue weighted by atomic mass is 35.5.